The van der Waals surface area contributed by atoms with E-state index in [0.717, 1.165) is 23.3 Å². The smallest absolute Gasteiger partial charge is 0.159 e. The van der Waals surface area contributed by atoms with Crippen LogP contribution < -0.4 is 10.5 Å². The summed E-state index contributed by atoms with van der Waals surface area (Å²) in [7, 11) is 0. The summed E-state index contributed by atoms with van der Waals surface area (Å²) >= 11 is 0. The van der Waals surface area contributed by atoms with E-state index in [1.165, 1.54) is 6.07 Å². The molecule has 2 N–H and O–H groups in total. The number of aryl methyl sites for hydroxylation is 1. The first-order valence-corrected chi connectivity index (χ1v) is 6.40. The molecule has 0 bridgehead atoms. The Morgan fingerprint density at radius 3 is 2.45 bits per heavy atom. The maximum absolute atomic E-state index is 13.1. The van der Waals surface area contributed by atoms with E-state index in [1.54, 1.807) is 0 Å². The molecule has 0 saturated heterocycles. The number of nitrogens with two attached hydrogens (primary N) is 1. The molecule has 2 aromatic rings. The lowest BCUT2D eigenvalue weighted by molar-refractivity contribution is 0.303. The fraction of sp³-hybridized carbons (Fsp3) is 0.250. The van der Waals surface area contributed by atoms with E-state index in [-0.39, 0.29) is 12.6 Å². The van der Waals surface area contributed by atoms with Crippen LogP contribution in [0.25, 0.3) is 0 Å². The van der Waals surface area contributed by atoms with Gasteiger partial charge in [-0.1, -0.05) is 18.2 Å². The van der Waals surface area contributed by atoms with Crippen molar-refractivity contribution in [1.82, 2.24) is 0 Å². The molecule has 0 aliphatic carbocycles. The van der Waals surface area contributed by atoms with Crippen LogP contribution in [-0.2, 0) is 6.61 Å². The monoisotopic (exact) mass is 277 g/mol. The molecule has 106 valence electrons. The van der Waals surface area contributed by atoms with Crippen molar-refractivity contribution in [2.24, 2.45) is 5.73 Å². The molecule has 0 amide bonds. The Bertz CT molecular complexity index is 611. The van der Waals surface area contributed by atoms with Gasteiger partial charge in [0.2, 0.25) is 0 Å². The van der Waals surface area contributed by atoms with Gasteiger partial charge in [0, 0.05) is 6.04 Å². The van der Waals surface area contributed by atoms with Gasteiger partial charge in [0.25, 0.3) is 0 Å². The topological polar surface area (TPSA) is 35.2 Å². The third-order valence-electron chi connectivity index (χ3n) is 3.10. The Morgan fingerprint density at radius 2 is 1.85 bits per heavy atom. The van der Waals surface area contributed by atoms with Crippen LogP contribution in [0.1, 0.15) is 29.7 Å². The predicted molar refractivity (Wildman–Crippen MR) is 74.5 cm³/mol. The average molecular weight is 277 g/mol. The number of rotatable bonds is 4. The molecule has 4 heteroatoms. The molecule has 0 radical (unpaired) electrons. The minimum Gasteiger partial charge on any atom is -0.489 e. The van der Waals surface area contributed by atoms with Crippen molar-refractivity contribution in [1.29, 1.82) is 0 Å². The van der Waals surface area contributed by atoms with Crippen LogP contribution in [-0.4, -0.2) is 0 Å². The van der Waals surface area contributed by atoms with Gasteiger partial charge in [-0.15, -0.1) is 0 Å². The van der Waals surface area contributed by atoms with Crippen molar-refractivity contribution in [2.75, 3.05) is 0 Å². The minimum atomic E-state index is -0.866. The van der Waals surface area contributed by atoms with E-state index in [1.807, 2.05) is 32.0 Å². The molecule has 0 spiro atoms. The first kappa shape index (κ1) is 14.5. The molecule has 0 aliphatic rings. The van der Waals surface area contributed by atoms with Crippen LogP contribution in [0.4, 0.5) is 8.78 Å². The summed E-state index contributed by atoms with van der Waals surface area (Å²) in [4.78, 5) is 0. The summed E-state index contributed by atoms with van der Waals surface area (Å²) in [6, 6.07) is 9.41. The molecule has 20 heavy (non-hydrogen) atoms. The zero-order valence-electron chi connectivity index (χ0n) is 11.5. The third kappa shape index (κ3) is 3.33. The highest BCUT2D eigenvalue weighted by Gasteiger charge is 2.06. The molecular formula is C16H17F2NO. The molecule has 0 aromatic heterocycles. The highest BCUT2D eigenvalue weighted by molar-refractivity contribution is 5.37. The Kier molecular flexibility index (Phi) is 4.35. The first-order chi connectivity index (χ1) is 9.47. The second kappa shape index (κ2) is 6.01. The van der Waals surface area contributed by atoms with E-state index < -0.39 is 11.6 Å². The largest absolute Gasteiger partial charge is 0.489 e. The number of halogens is 2. The number of ether oxygens (including phenoxy) is 1. The lowest BCUT2D eigenvalue weighted by atomic mass is 10.1. The van der Waals surface area contributed by atoms with Crippen molar-refractivity contribution in [3.05, 3.63) is 64.7 Å². The standard InChI is InChI=1S/C16H17F2NO/c1-10-7-13(11(2)19)4-6-16(10)20-9-12-3-5-14(17)15(18)8-12/h3-8,11H,9,19H2,1-2H3/t11-/m0/s1. The zero-order chi connectivity index (χ0) is 14.7. The van der Waals surface area contributed by atoms with Gasteiger partial charge >= 0.3 is 0 Å². The summed E-state index contributed by atoms with van der Waals surface area (Å²) in [5.74, 6) is -1.01. The maximum Gasteiger partial charge on any atom is 0.159 e. The molecule has 0 unspecified atom stereocenters. The summed E-state index contributed by atoms with van der Waals surface area (Å²) in [6.07, 6.45) is 0. The summed E-state index contributed by atoms with van der Waals surface area (Å²) in [5.41, 5.74) is 8.38. The van der Waals surface area contributed by atoms with Crippen LogP contribution in [0.5, 0.6) is 5.75 Å². The van der Waals surface area contributed by atoms with Crippen LogP contribution in [0.15, 0.2) is 36.4 Å². The van der Waals surface area contributed by atoms with Gasteiger partial charge < -0.3 is 10.5 Å². The van der Waals surface area contributed by atoms with E-state index in [2.05, 4.69) is 0 Å². The van der Waals surface area contributed by atoms with Gasteiger partial charge in [0.05, 0.1) is 0 Å². The SMILES string of the molecule is Cc1cc([C@H](C)N)ccc1OCc1ccc(F)c(F)c1. The van der Waals surface area contributed by atoms with Crippen LogP contribution in [0.3, 0.4) is 0 Å². The normalized spacial score (nSPS) is 12.2. The molecule has 2 nitrogen and oxygen atoms in total. The van der Waals surface area contributed by atoms with Crippen LogP contribution in [0.2, 0.25) is 0 Å². The molecule has 0 heterocycles. The minimum absolute atomic E-state index is 0.0334. The first-order valence-electron chi connectivity index (χ1n) is 6.40. The Labute approximate surface area is 117 Å². The molecule has 0 aliphatic heterocycles. The fourth-order valence-corrected chi connectivity index (χ4v) is 1.91. The predicted octanol–water partition coefficient (Wildman–Crippen LogP) is 3.87. The van der Waals surface area contributed by atoms with Crippen molar-refractivity contribution in [2.45, 2.75) is 26.5 Å². The second-order valence-electron chi connectivity index (χ2n) is 4.85. The highest BCUT2D eigenvalue weighted by Crippen LogP contribution is 2.23. The summed E-state index contributed by atoms with van der Waals surface area (Å²) in [6.45, 7) is 4.03. The molecule has 2 aromatic carbocycles. The molecule has 0 saturated carbocycles. The quantitative estimate of drug-likeness (QED) is 0.920. The molecular weight excluding hydrogens is 260 g/mol. The van der Waals surface area contributed by atoms with Gasteiger partial charge in [-0.05, 0) is 48.7 Å². The lowest BCUT2D eigenvalue weighted by Crippen LogP contribution is -2.05. The van der Waals surface area contributed by atoms with Crippen molar-refractivity contribution >= 4 is 0 Å². The van der Waals surface area contributed by atoms with Gasteiger partial charge in [-0.25, -0.2) is 8.78 Å². The van der Waals surface area contributed by atoms with Crippen LogP contribution >= 0.6 is 0 Å². The van der Waals surface area contributed by atoms with E-state index in [9.17, 15) is 8.78 Å². The molecule has 1 atom stereocenters. The average Bonchev–Trinajstić information content (AvgIpc) is 2.41. The van der Waals surface area contributed by atoms with E-state index in [0.29, 0.717) is 11.3 Å². The van der Waals surface area contributed by atoms with Gasteiger partial charge in [-0.3, -0.25) is 0 Å². The van der Waals surface area contributed by atoms with Gasteiger partial charge in [-0.2, -0.15) is 0 Å². The summed E-state index contributed by atoms with van der Waals surface area (Å²) < 4.78 is 31.5. The third-order valence-corrected chi connectivity index (χ3v) is 3.10. The number of hydrogen-bond donors (Lipinski definition) is 1. The van der Waals surface area contributed by atoms with Gasteiger partial charge in [0.1, 0.15) is 12.4 Å². The van der Waals surface area contributed by atoms with Crippen molar-refractivity contribution in [3.8, 4) is 5.75 Å². The Hall–Kier alpha value is -1.94. The van der Waals surface area contributed by atoms with E-state index >= 15 is 0 Å². The molecule has 2 rings (SSSR count). The van der Waals surface area contributed by atoms with Gasteiger partial charge in [0.15, 0.2) is 11.6 Å². The zero-order valence-corrected chi connectivity index (χ0v) is 11.5. The van der Waals surface area contributed by atoms with E-state index in [4.69, 9.17) is 10.5 Å². The van der Waals surface area contributed by atoms with Crippen molar-refractivity contribution < 1.29 is 13.5 Å². The van der Waals surface area contributed by atoms with Crippen LogP contribution in [0, 0.1) is 18.6 Å². The molecule has 0 fully saturated rings. The fourth-order valence-electron chi connectivity index (χ4n) is 1.91. The highest BCUT2D eigenvalue weighted by atomic mass is 19.2. The maximum atomic E-state index is 13.1. The van der Waals surface area contributed by atoms with Crippen molar-refractivity contribution in [3.63, 3.8) is 0 Å². The Balaban J connectivity index is 2.09. The lowest BCUT2D eigenvalue weighted by Gasteiger charge is -2.12. The second-order valence-corrected chi connectivity index (χ2v) is 4.85. The summed E-state index contributed by atoms with van der Waals surface area (Å²) in [5, 5.41) is 0. The Morgan fingerprint density at radius 1 is 1.10 bits per heavy atom. The number of hydrogen-bond acceptors (Lipinski definition) is 2. The number of benzene rings is 2.